The molecule has 1 fully saturated rings. The Labute approximate surface area is 102 Å². The molecule has 0 unspecified atom stereocenters. The minimum absolute atomic E-state index is 0.392. The predicted molar refractivity (Wildman–Crippen MR) is 68.6 cm³/mol. The summed E-state index contributed by atoms with van der Waals surface area (Å²) in [6, 6.07) is 1.92. The van der Waals surface area contributed by atoms with Crippen LogP contribution in [0.15, 0.2) is 12.3 Å². The fourth-order valence-corrected chi connectivity index (χ4v) is 2.03. The zero-order chi connectivity index (χ0) is 12.3. The molecule has 1 aromatic rings. The Morgan fingerprint density at radius 1 is 1.35 bits per heavy atom. The second-order valence-corrected chi connectivity index (χ2v) is 4.53. The molecule has 0 N–H and O–H groups in total. The smallest absolute Gasteiger partial charge is 0.227 e. The van der Waals surface area contributed by atoms with Crippen molar-refractivity contribution >= 4 is 11.8 Å². The van der Waals surface area contributed by atoms with Gasteiger partial charge >= 0.3 is 0 Å². The van der Waals surface area contributed by atoms with Gasteiger partial charge in [0.25, 0.3) is 0 Å². The SMILES string of the molecule is COC1CCN(c2nccc(N(C)C)n2)CC1. The summed E-state index contributed by atoms with van der Waals surface area (Å²) in [6.45, 7) is 1.94. The van der Waals surface area contributed by atoms with Crippen molar-refractivity contribution in [3.8, 4) is 0 Å². The zero-order valence-electron chi connectivity index (χ0n) is 10.8. The second-order valence-electron chi connectivity index (χ2n) is 4.53. The van der Waals surface area contributed by atoms with E-state index in [0.717, 1.165) is 37.7 Å². The molecule has 0 aliphatic carbocycles. The summed E-state index contributed by atoms with van der Waals surface area (Å²) in [5, 5.41) is 0. The first kappa shape index (κ1) is 12.1. The van der Waals surface area contributed by atoms with Crippen molar-refractivity contribution in [1.29, 1.82) is 0 Å². The average Bonchev–Trinajstić information content (AvgIpc) is 2.39. The second kappa shape index (κ2) is 5.31. The number of ether oxygens (including phenoxy) is 1. The molecule has 5 nitrogen and oxygen atoms in total. The Bertz CT molecular complexity index is 361. The molecule has 1 saturated heterocycles. The molecule has 1 aliphatic rings. The lowest BCUT2D eigenvalue weighted by molar-refractivity contribution is 0.0816. The highest BCUT2D eigenvalue weighted by Gasteiger charge is 2.20. The maximum atomic E-state index is 5.36. The molecule has 5 heteroatoms. The van der Waals surface area contributed by atoms with Crippen LogP contribution in [0.3, 0.4) is 0 Å². The van der Waals surface area contributed by atoms with Crippen LogP contribution in [0.1, 0.15) is 12.8 Å². The molecular weight excluding hydrogens is 216 g/mol. The van der Waals surface area contributed by atoms with Crippen LogP contribution in [0.4, 0.5) is 11.8 Å². The van der Waals surface area contributed by atoms with Crippen LogP contribution < -0.4 is 9.80 Å². The standard InChI is InChI=1S/C12H20N4O/c1-15(2)11-4-7-13-12(14-11)16-8-5-10(17-3)6-9-16/h4,7,10H,5-6,8-9H2,1-3H3. The molecular formula is C12H20N4O. The fourth-order valence-electron chi connectivity index (χ4n) is 2.03. The summed E-state index contributed by atoms with van der Waals surface area (Å²) in [4.78, 5) is 13.1. The molecule has 1 aliphatic heterocycles. The van der Waals surface area contributed by atoms with E-state index in [1.807, 2.05) is 31.3 Å². The third-order valence-electron chi connectivity index (χ3n) is 3.14. The summed E-state index contributed by atoms with van der Waals surface area (Å²) < 4.78 is 5.36. The van der Waals surface area contributed by atoms with Gasteiger partial charge in [0.15, 0.2) is 0 Å². The third-order valence-corrected chi connectivity index (χ3v) is 3.14. The van der Waals surface area contributed by atoms with Crippen molar-refractivity contribution < 1.29 is 4.74 Å². The molecule has 2 rings (SSSR count). The first-order chi connectivity index (χ1) is 8.20. The van der Waals surface area contributed by atoms with Crippen molar-refractivity contribution in [3.05, 3.63) is 12.3 Å². The molecule has 17 heavy (non-hydrogen) atoms. The van der Waals surface area contributed by atoms with E-state index in [9.17, 15) is 0 Å². The molecule has 0 aromatic carbocycles. The summed E-state index contributed by atoms with van der Waals surface area (Å²) in [5.74, 6) is 1.77. The van der Waals surface area contributed by atoms with Gasteiger partial charge in [-0.2, -0.15) is 4.98 Å². The van der Waals surface area contributed by atoms with Gasteiger partial charge in [-0.25, -0.2) is 4.98 Å². The molecule has 0 bridgehead atoms. The molecule has 0 radical (unpaired) electrons. The highest BCUT2D eigenvalue weighted by Crippen LogP contribution is 2.19. The third kappa shape index (κ3) is 2.85. The topological polar surface area (TPSA) is 41.5 Å². The summed E-state index contributed by atoms with van der Waals surface area (Å²) in [7, 11) is 5.76. The quantitative estimate of drug-likeness (QED) is 0.787. The number of anilines is 2. The van der Waals surface area contributed by atoms with Crippen LogP contribution in [0.25, 0.3) is 0 Å². The predicted octanol–water partition coefficient (Wildman–Crippen LogP) is 1.16. The van der Waals surface area contributed by atoms with E-state index in [-0.39, 0.29) is 0 Å². The number of methoxy groups -OCH3 is 1. The monoisotopic (exact) mass is 236 g/mol. The largest absolute Gasteiger partial charge is 0.381 e. The van der Waals surface area contributed by atoms with Gasteiger partial charge in [-0.15, -0.1) is 0 Å². The van der Waals surface area contributed by atoms with E-state index >= 15 is 0 Å². The van der Waals surface area contributed by atoms with Gasteiger partial charge < -0.3 is 14.5 Å². The number of piperidine rings is 1. The molecule has 0 atom stereocenters. The van der Waals surface area contributed by atoms with Crippen molar-refractivity contribution in [1.82, 2.24) is 9.97 Å². The van der Waals surface area contributed by atoms with Crippen LogP contribution in [0.2, 0.25) is 0 Å². The highest BCUT2D eigenvalue weighted by atomic mass is 16.5. The lowest BCUT2D eigenvalue weighted by atomic mass is 10.1. The maximum Gasteiger partial charge on any atom is 0.227 e. The van der Waals surface area contributed by atoms with Crippen LogP contribution >= 0.6 is 0 Å². The number of rotatable bonds is 3. The van der Waals surface area contributed by atoms with E-state index in [4.69, 9.17) is 4.74 Å². The lowest BCUT2D eigenvalue weighted by Gasteiger charge is -2.31. The fraction of sp³-hybridized carbons (Fsp3) is 0.667. The van der Waals surface area contributed by atoms with Crippen LogP contribution in [0, 0.1) is 0 Å². The summed E-state index contributed by atoms with van der Waals surface area (Å²) >= 11 is 0. The van der Waals surface area contributed by atoms with Crippen molar-refractivity contribution in [3.63, 3.8) is 0 Å². The zero-order valence-corrected chi connectivity index (χ0v) is 10.8. The van der Waals surface area contributed by atoms with Gasteiger partial charge in [0.2, 0.25) is 5.95 Å². The van der Waals surface area contributed by atoms with Crippen LogP contribution in [-0.4, -0.2) is 50.4 Å². The Kier molecular flexibility index (Phi) is 3.78. The van der Waals surface area contributed by atoms with Crippen LogP contribution in [-0.2, 0) is 4.74 Å². The number of hydrogen-bond donors (Lipinski definition) is 0. The Morgan fingerprint density at radius 2 is 2.06 bits per heavy atom. The summed E-state index contributed by atoms with van der Waals surface area (Å²) in [5.41, 5.74) is 0. The van der Waals surface area contributed by atoms with Crippen LogP contribution in [0.5, 0.6) is 0 Å². The van der Waals surface area contributed by atoms with Crippen molar-refractivity contribution in [2.75, 3.05) is 44.1 Å². The normalized spacial score (nSPS) is 17.2. The van der Waals surface area contributed by atoms with Gasteiger partial charge in [-0.3, -0.25) is 0 Å². The molecule has 0 amide bonds. The molecule has 2 heterocycles. The highest BCUT2D eigenvalue weighted by molar-refractivity contribution is 5.42. The van der Waals surface area contributed by atoms with E-state index in [0.29, 0.717) is 6.10 Å². The van der Waals surface area contributed by atoms with Gasteiger partial charge in [-0.05, 0) is 18.9 Å². The first-order valence-corrected chi connectivity index (χ1v) is 5.99. The van der Waals surface area contributed by atoms with E-state index in [1.54, 1.807) is 7.11 Å². The number of aromatic nitrogens is 2. The molecule has 0 spiro atoms. The minimum Gasteiger partial charge on any atom is -0.381 e. The molecule has 1 aromatic heterocycles. The number of nitrogens with zero attached hydrogens (tertiary/aromatic N) is 4. The summed E-state index contributed by atoms with van der Waals surface area (Å²) in [6.07, 6.45) is 4.31. The molecule has 94 valence electrons. The Morgan fingerprint density at radius 3 is 2.65 bits per heavy atom. The minimum atomic E-state index is 0.392. The number of hydrogen-bond acceptors (Lipinski definition) is 5. The Hall–Kier alpha value is -1.36. The van der Waals surface area contributed by atoms with Crippen molar-refractivity contribution in [2.45, 2.75) is 18.9 Å². The molecule has 0 saturated carbocycles. The first-order valence-electron chi connectivity index (χ1n) is 5.99. The Balaban J connectivity index is 2.05. The van der Waals surface area contributed by atoms with E-state index in [1.165, 1.54) is 0 Å². The van der Waals surface area contributed by atoms with E-state index < -0.39 is 0 Å². The van der Waals surface area contributed by atoms with E-state index in [2.05, 4.69) is 14.9 Å². The van der Waals surface area contributed by atoms with Gasteiger partial charge in [0, 0.05) is 40.5 Å². The average molecular weight is 236 g/mol. The lowest BCUT2D eigenvalue weighted by Crippen LogP contribution is -2.37. The van der Waals surface area contributed by atoms with Gasteiger partial charge in [0.05, 0.1) is 6.10 Å². The van der Waals surface area contributed by atoms with Gasteiger partial charge in [-0.1, -0.05) is 0 Å². The van der Waals surface area contributed by atoms with Gasteiger partial charge in [0.1, 0.15) is 5.82 Å². The maximum absolute atomic E-state index is 5.36. The van der Waals surface area contributed by atoms with Crippen molar-refractivity contribution in [2.24, 2.45) is 0 Å².